The van der Waals surface area contributed by atoms with Crippen molar-refractivity contribution < 1.29 is 8.78 Å². The van der Waals surface area contributed by atoms with Gasteiger partial charge >= 0.3 is 0 Å². The van der Waals surface area contributed by atoms with Crippen LogP contribution in [0.5, 0.6) is 0 Å². The second kappa shape index (κ2) is 5.48. The minimum atomic E-state index is -0.565. The van der Waals surface area contributed by atoms with Gasteiger partial charge in [0.05, 0.1) is 6.54 Å². The summed E-state index contributed by atoms with van der Waals surface area (Å²) in [5.74, 6) is -0.684. The van der Waals surface area contributed by atoms with Crippen LogP contribution in [0.1, 0.15) is 18.3 Å². The van der Waals surface area contributed by atoms with Crippen LogP contribution in [0.25, 0.3) is 0 Å². The molecule has 0 atom stereocenters. The maximum absolute atomic E-state index is 13.6. The van der Waals surface area contributed by atoms with Crippen molar-refractivity contribution in [3.05, 3.63) is 62.8 Å². The third-order valence-electron chi connectivity index (χ3n) is 2.71. The van der Waals surface area contributed by atoms with E-state index in [1.54, 1.807) is 6.92 Å². The summed E-state index contributed by atoms with van der Waals surface area (Å²) in [4.78, 5) is 15.9. The fourth-order valence-corrected chi connectivity index (χ4v) is 1.99. The Morgan fingerprint density at radius 1 is 1.32 bits per heavy atom. The molecule has 6 heteroatoms. The van der Waals surface area contributed by atoms with Gasteiger partial charge in [0.15, 0.2) is 0 Å². The molecule has 1 heterocycles. The molecule has 0 spiro atoms. The number of aromatic nitrogens is 2. The summed E-state index contributed by atoms with van der Waals surface area (Å²) in [5.41, 5.74) is -0.290. The number of halogens is 3. The molecule has 0 aliphatic heterocycles. The van der Waals surface area contributed by atoms with Crippen molar-refractivity contribution in [1.29, 1.82) is 0 Å². The summed E-state index contributed by atoms with van der Waals surface area (Å²) in [6.45, 7) is 1.73. The zero-order chi connectivity index (χ0) is 14.0. The summed E-state index contributed by atoms with van der Waals surface area (Å²) in [7, 11) is 0. The van der Waals surface area contributed by atoms with Crippen LogP contribution >= 0.6 is 11.6 Å². The van der Waals surface area contributed by atoms with E-state index in [0.717, 1.165) is 24.3 Å². The van der Waals surface area contributed by atoms with E-state index >= 15 is 0 Å². The molecule has 2 aromatic rings. The first-order chi connectivity index (χ1) is 9.01. The summed E-state index contributed by atoms with van der Waals surface area (Å²) in [6.07, 6.45) is 0.465. The Bertz CT molecular complexity index is 670. The minimum absolute atomic E-state index is 0.0736. The Hall–Kier alpha value is -1.75. The van der Waals surface area contributed by atoms with Crippen LogP contribution < -0.4 is 5.56 Å². The molecule has 2 rings (SSSR count). The van der Waals surface area contributed by atoms with Crippen molar-refractivity contribution in [3.8, 4) is 0 Å². The molecule has 0 fully saturated rings. The molecule has 0 amide bonds. The number of benzene rings is 1. The van der Waals surface area contributed by atoms with E-state index in [1.165, 1.54) is 4.57 Å². The Morgan fingerprint density at radius 3 is 2.74 bits per heavy atom. The molecule has 100 valence electrons. The van der Waals surface area contributed by atoms with Gasteiger partial charge in [-0.05, 0) is 18.2 Å². The van der Waals surface area contributed by atoms with Crippen LogP contribution in [-0.4, -0.2) is 9.55 Å². The van der Waals surface area contributed by atoms with E-state index in [2.05, 4.69) is 4.98 Å². The molecule has 0 aliphatic rings. The van der Waals surface area contributed by atoms with Crippen molar-refractivity contribution in [3.63, 3.8) is 0 Å². The molecular weight excluding hydrogens is 274 g/mol. The molecule has 0 bridgehead atoms. The average Bonchev–Trinajstić information content (AvgIpc) is 2.36. The van der Waals surface area contributed by atoms with Crippen molar-refractivity contribution in [2.24, 2.45) is 0 Å². The third-order valence-corrected chi connectivity index (χ3v) is 2.90. The van der Waals surface area contributed by atoms with Gasteiger partial charge in [-0.15, -0.1) is 0 Å². The Kier molecular flexibility index (Phi) is 3.95. The topological polar surface area (TPSA) is 34.9 Å². The van der Waals surface area contributed by atoms with Crippen molar-refractivity contribution in [2.45, 2.75) is 19.9 Å². The lowest BCUT2D eigenvalue weighted by molar-refractivity contribution is 0.567. The van der Waals surface area contributed by atoms with Crippen LogP contribution in [0.2, 0.25) is 5.15 Å². The fraction of sp³-hybridized carbons (Fsp3) is 0.231. The molecule has 19 heavy (non-hydrogen) atoms. The first-order valence-electron chi connectivity index (χ1n) is 5.71. The fourth-order valence-electron chi connectivity index (χ4n) is 1.80. The molecule has 0 N–H and O–H groups in total. The van der Waals surface area contributed by atoms with Gasteiger partial charge in [-0.2, -0.15) is 0 Å². The number of hydrogen-bond acceptors (Lipinski definition) is 2. The highest BCUT2D eigenvalue weighted by Crippen LogP contribution is 2.12. The summed E-state index contributed by atoms with van der Waals surface area (Å²) < 4.78 is 28.0. The number of aryl methyl sites for hydroxylation is 1. The molecule has 0 aliphatic carbocycles. The molecule has 1 aromatic heterocycles. The zero-order valence-electron chi connectivity index (χ0n) is 10.2. The van der Waals surface area contributed by atoms with Crippen LogP contribution in [0.15, 0.2) is 29.1 Å². The number of hydrogen-bond donors (Lipinski definition) is 0. The third kappa shape index (κ3) is 2.98. The van der Waals surface area contributed by atoms with Gasteiger partial charge in [-0.25, -0.2) is 13.8 Å². The highest BCUT2D eigenvalue weighted by molar-refractivity contribution is 6.29. The van der Waals surface area contributed by atoms with E-state index in [1.807, 2.05) is 0 Å². The Balaban J connectivity index is 2.49. The number of nitrogens with zero attached hydrogens (tertiary/aromatic N) is 2. The highest BCUT2D eigenvalue weighted by atomic mass is 35.5. The lowest BCUT2D eigenvalue weighted by atomic mass is 10.2. The second-order valence-electron chi connectivity index (χ2n) is 4.01. The quantitative estimate of drug-likeness (QED) is 0.813. The predicted octanol–water partition coefficient (Wildman–Crippen LogP) is 2.79. The van der Waals surface area contributed by atoms with Crippen molar-refractivity contribution in [2.75, 3.05) is 0 Å². The standard InChI is InChI=1S/C13H11ClF2N2O/c1-2-12-17-11(14)6-13(19)18(12)7-8-5-9(15)3-4-10(8)16/h3-6H,2,7H2,1H3. The summed E-state index contributed by atoms with van der Waals surface area (Å²) in [6, 6.07) is 4.28. The van der Waals surface area contributed by atoms with Crippen LogP contribution in [0, 0.1) is 11.6 Å². The lowest BCUT2D eigenvalue weighted by Gasteiger charge is -2.11. The molecule has 0 saturated carbocycles. The second-order valence-corrected chi connectivity index (χ2v) is 4.40. The summed E-state index contributed by atoms with van der Waals surface area (Å²) >= 11 is 5.70. The number of rotatable bonds is 3. The van der Waals surface area contributed by atoms with Gasteiger partial charge in [0.1, 0.15) is 22.6 Å². The molecule has 3 nitrogen and oxygen atoms in total. The van der Waals surface area contributed by atoms with Crippen molar-refractivity contribution in [1.82, 2.24) is 9.55 Å². The van der Waals surface area contributed by atoms with Gasteiger partial charge in [-0.3, -0.25) is 9.36 Å². The largest absolute Gasteiger partial charge is 0.292 e. The van der Waals surface area contributed by atoms with Crippen LogP contribution in [-0.2, 0) is 13.0 Å². The SMILES string of the molecule is CCc1nc(Cl)cc(=O)n1Cc1cc(F)ccc1F. The highest BCUT2D eigenvalue weighted by Gasteiger charge is 2.10. The molecule has 0 unspecified atom stereocenters. The molecular formula is C13H11ClF2N2O. The molecule has 0 radical (unpaired) electrons. The van der Waals surface area contributed by atoms with E-state index < -0.39 is 11.6 Å². The smallest absolute Gasteiger partial charge is 0.255 e. The summed E-state index contributed by atoms with van der Waals surface area (Å²) in [5, 5.41) is 0.0952. The van der Waals surface area contributed by atoms with Crippen LogP contribution in [0.3, 0.4) is 0 Å². The van der Waals surface area contributed by atoms with E-state index in [9.17, 15) is 13.6 Å². The minimum Gasteiger partial charge on any atom is -0.292 e. The Morgan fingerprint density at radius 2 is 2.05 bits per heavy atom. The van der Waals surface area contributed by atoms with Gasteiger partial charge in [0, 0.05) is 18.1 Å². The van der Waals surface area contributed by atoms with E-state index in [-0.39, 0.29) is 22.8 Å². The maximum atomic E-state index is 13.6. The normalized spacial score (nSPS) is 10.7. The maximum Gasteiger partial charge on any atom is 0.255 e. The average molecular weight is 285 g/mol. The van der Waals surface area contributed by atoms with E-state index in [4.69, 9.17) is 11.6 Å². The predicted molar refractivity (Wildman–Crippen MR) is 68.3 cm³/mol. The molecule has 1 aromatic carbocycles. The van der Waals surface area contributed by atoms with E-state index in [0.29, 0.717) is 12.2 Å². The van der Waals surface area contributed by atoms with Crippen molar-refractivity contribution >= 4 is 11.6 Å². The van der Waals surface area contributed by atoms with Gasteiger partial charge in [0.2, 0.25) is 0 Å². The Labute approximate surface area is 113 Å². The van der Waals surface area contributed by atoms with Crippen LogP contribution in [0.4, 0.5) is 8.78 Å². The first-order valence-corrected chi connectivity index (χ1v) is 6.09. The molecule has 0 saturated heterocycles. The lowest BCUT2D eigenvalue weighted by Crippen LogP contribution is -2.25. The monoisotopic (exact) mass is 284 g/mol. The van der Waals surface area contributed by atoms with Gasteiger partial charge in [-0.1, -0.05) is 18.5 Å². The van der Waals surface area contributed by atoms with Gasteiger partial charge in [0.25, 0.3) is 5.56 Å². The zero-order valence-corrected chi connectivity index (χ0v) is 10.9. The van der Waals surface area contributed by atoms with Gasteiger partial charge < -0.3 is 0 Å². The first kappa shape index (κ1) is 13.7.